The highest BCUT2D eigenvalue weighted by atomic mass is 127. The molecule has 1 saturated carbocycles. The highest BCUT2D eigenvalue weighted by Gasteiger charge is 2.44. The molecule has 0 amide bonds. The molecule has 1 heterocycles. The van der Waals surface area contributed by atoms with Crippen molar-refractivity contribution in [3.63, 3.8) is 0 Å². The summed E-state index contributed by atoms with van der Waals surface area (Å²) in [5.41, 5.74) is 1.15. The van der Waals surface area contributed by atoms with Gasteiger partial charge in [0, 0.05) is 51.8 Å². The molecule has 3 rings (SSSR count). The first-order chi connectivity index (χ1) is 12.6. The number of guanidine groups is 1. The molecular formula is C20H32FIN4O. The molecule has 0 spiro atoms. The van der Waals surface area contributed by atoms with E-state index >= 15 is 0 Å². The van der Waals surface area contributed by atoms with E-state index in [1.807, 2.05) is 13.1 Å². The monoisotopic (exact) mass is 490 g/mol. The number of rotatable bonds is 7. The van der Waals surface area contributed by atoms with Gasteiger partial charge in [0.15, 0.2) is 5.96 Å². The molecule has 0 bridgehead atoms. The first-order valence-electron chi connectivity index (χ1n) is 9.60. The van der Waals surface area contributed by atoms with Crippen LogP contribution in [0.5, 0.6) is 0 Å². The average molecular weight is 490 g/mol. The van der Waals surface area contributed by atoms with Gasteiger partial charge in [0.05, 0.1) is 6.61 Å². The molecule has 0 radical (unpaired) electrons. The highest BCUT2D eigenvalue weighted by Crippen LogP contribution is 2.47. The number of piperidine rings is 1. The van der Waals surface area contributed by atoms with Crippen LogP contribution in [0, 0.1) is 5.82 Å². The number of methoxy groups -OCH3 is 1. The van der Waals surface area contributed by atoms with Crippen molar-refractivity contribution in [1.82, 2.24) is 15.5 Å². The lowest BCUT2D eigenvalue weighted by Gasteiger charge is -2.33. The van der Waals surface area contributed by atoms with Gasteiger partial charge < -0.3 is 20.3 Å². The second-order valence-electron chi connectivity index (χ2n) is 7.47. The Morgan fingerprint density at radius 1 is 1.33 bits per heavy atom. The maximum Gasteiger partial charge on any atom is 0.191 e. The largest absolute Gasteiger partial charge is 0.383 e. The summed E-state index contributed by atoms with van der Waals surface area (Å²) in [5.74, 6) is 0.694. The fraction of sp³-hybridized carbons (Fsp3) is 0.650. The number of hydrogen-bond acceptors (Lipinski definition) is 3. The highest BCUT2D eigenvalue weighted by molar-refractivity contribution is 14.0. The van der Waals surface area contributed by atoms with E-state index in [0.717, 1.165) is 70.0 Å². The molecule has 0 unspecified atom stereocenters. The van der Waals surface area contributed by atoms with Crippen molar-refractivity contribution in [2.24, 2.45) is 4.99 Å². The summed E-state index contributed by atoms with van der Waals surface area (Å²) in [4.78, 5) is 6.83. The molecule has 1 aromatic rings. The lowest BCUT2D eigenvalue weighted by atomic mass is 9.96. The topological polar surface area (TPSA) is 48.9 Å². The fourth-order valence-electron chi connectivity index (χ4n) is 3.70. The Hall–Kier alpha value is -0.930. The summed E-state index contributed by atoms with van der Waals surface area (Å²) in [5, 5.41) is 7.02. The van der Waals surface area contributed by atoms with Crippen molar-refractivity contribution >= 4 is 29.9 Å². The molecule has 1 aliphatic heterocycles. The fourth-order valence-corrected chi connectivity index (χ4v) is 3.70. The summed E-state index contributed by atoms with van der Waals surface area (Å²) in [7, 11) is 3.56. The van der Waals surface area contributed by atoms with Gasteiger partial charge >= 0.3 is 0 Å². The predicted molar refractivity (Wildman–Crippen MR) is 119 cm³/mol. The first kappa shape index (κ1) is 22.4. The molecule has 0 atom stereocenters. The van der Waals surface area contributed by atoms with Gasteiger partial charge in [-0.25, -0.2) is 4.39 Å². The molecule has 0 aromatic heterocycles. The van der Waals surface area contributed by atoms with E-state index in [-0.39, 0.29) is 35.2 Å². The van der Waals surface area contributed by atoms with Crippen molar-refractivity contribution in [3.8, 4) is 0 Å². The molecular weight excluding hydrogens is 458 g/mol. The van der Waals surface area contributed by atoms with Crippen LogP contribution in [0.4, 0.5) is 4.39 Å². The SMILES string of the molecule is CN=C(NCC1(c2cccc(F)c2)CC1)NC1CCN(CCOC)CC1.I. The zero-order valence-electron chi connectivity index (χ0n) is 16.3. The number of halogens is 2. The van der Waals surface area contributed by atoms with Crippen LogP contribution in [-0.4, -0.2) is 63.8 Å². The quantitative estimate of drug-likeness (QED) is 0.351. The molecule has 2 aliphatic rings. The van der Waals surface area contributed by atoms with E-state index in [4.69, 9.17) is 4.74 Å². The van der Waals surface area contributed by atoms with E-state index < -0.39 is 0 Å². The molecule has 1 aromatic carbocycles. The Kier molecular flexibility index (Phi) is 8.75. The van der Waals surface area contributed by atoms with Crippen LogP contribution in [0.3, 0.4) is 0 Å². The van der Waals surface area contributed by atoms with Gasteiger partial charge in [-0.05, 0) is 43.4 Å². The Morgan fingerprint density at radius 2 is 2.07 bits per heavy atom. The number of benzene rings is 1. The van der Waals surface area contributed by atoms with Crippen LogP contribution in [0.2, 0.25) is 0 Å². The van der Waals surface area contributed by atoms with Crippen LogP contribution < -0.4 is 10.6 Å². The third kappa shape index (κ3) is 6.29. The van der Waals surface area contributed by atoms with Gasteiger partial charge in [0.25, 0.3) is 0 Å². The zero-order chi connectivity index (χ0) is 18.4. The second kappa shape index (κ2) is 10.6. The van der Waals surface area contributed by atoms with Gasteiger partial charge in [-0.2, -0.15) is 0 Å². The molecule has 1 saturated heterocycles. The van der Waals surface area contributed by atoms with Crippen LogP contribution in [0.15, 0.2) is 29.3 Å². The van der Waals surface area contributed by atoms with Gasteiger partial charge in [-0.3, -0.25) is 4.99 Å². The van der Waals surface area contributed by atoms with Crippen molar-refractivity contribution in [2.75, 3.05) is 46.9 Å². The number of likely N-dealkylation sites (tertiary alicyclic amines) is 1. The van der Waals surface area contributed by atoms with Gasteiger partial charge in [0.1, 0.15) is 5.82 Å². The number of nitrogens with one attached hydrogen (secondary N) is 2. The predicted octanol–water partition coefficient (Wildman–Crippen LogP) is 2.75. The van der Waals surface area contributed by atoms with Gasteiger partial charge in [0.2, 0.25) is 0 Å². The first-order valence-corrected chi connectivity index (χ1v) is 9.60. The van der Waals surface area contributed by atoms with Crippen molar-refractivity contribution in [3.05, 3.63) is 35.6 Å². The number of aliphatic imine (C=N–C) groups is 1. The number of hydrogen-bond donors (Lipinski definition) is 2. The van der Waals surface area contributed by atoms with Crippen LogP contribution in [0.25, 0.3) is 0 Å². The van der Waals surface area contributed by atoms with E-state index in [1.165, 1.54) is 6.07 Å². The zero-order valence-corrected chi connectivity index (χ0v) is 18.7. The van der Waals surface area contributed by atoms with Crippen LogP contribution in [-0.2, 0) is 10.2 Å². The summed E-state index contributed by atoms with van der Waals surface area (Å²) in [6.45, 7) is 4.77. The Balaban J connectivity index is 0.00000261. The lowest BCUT2D eigenvalue weighted by Crippen LogP contribution is -2.50. The van der Waals surface area contributed by atoms with E-state index in [1.54, 1.807) is 19.2 Å². The molecule has 2 N–H and O–H groups in total. The molecule has 1 aliphatic carbocycles. The van der Waals surface area contributed by atoms with Crippen molar-refractivity contribution < 1.29 is 9.13 Å². The minimum absolute atomic E-state index is 0. The van der Waals surface area contributed by atoms with Gasteiger partial charge in [-0.15, -0.1) is 24.0 Å². The lowest BCUT2D eigenvalue weighted by molar-refractivity contribution is 0.128. The maximum absolute atomic E-state index is 13.5. The average Bonchev–Trinajstić information content (AvgIpc) is 3.45. The number of ether oxygens (including phenoxy) is 1. The Bertz CT molecular complexity index is 616. The third-order valence-electron chi connectivity index (χ3n) is 5.65. The molecule has 2 fully saturated rings. The Morgan fingerprint density at radius 3 is 2.67 bits per heavy atom. The van der Waals surface area contributed by atoms with E-state index in [2.05, 4.69) is 20.5 Å². The summed E-state index contributed by atoms with van der Waals surface area (Å²) >= 11 is 0. The Labute approximate surface area is 179 Å². The van der Waals surface area contributed by atoms with Crippen molar-refractivity contribution in [2.45, 2.75) is 37.1 Å². The maximum atomic E-state index is 13.5. The van der Waals surface area contributed by atoms with E-state index in [0.29, 0.717) is 6.04 Å². The van der Waals surface area contributed by atoms with E-state index in [9.17, 15) is 4.39 Å². The van der Waals surface area contributed by atoms with Crippen molar-refractivity contribution in [1.29, 1.82) is 0 Å². The second-order valence-corrected chi connectivity index (χ2v) is 7.47. The normalized spacial score (nSPS) is 20.0. The van der Waals surface area contributed by atoms with Crippen LogP contribution in [0.1, 0.15) is 31.2 Å². The molecule has 5 nitrogen and oxygen atoms in total. The summed E-state index contributed by atoms with van der Waals surface area (Å²) < 4.78 is 18.7. The molecule has 7 heteroatoms. The minimum atomic E-state index is -0.156. The molecule has 27 heavy (non-hydrogen) atoms. The summed E-state index contributed by atoms with van der Waals surface area (Å²) in [6.07, 6.45) is 4.41. The van der Waals surface area contributed by atoms with Crippen LogP contribution >= 0.6 is 24.0 Å². The van der Waals surface area contributed by atoms with Gasteiger partial charge in [-0.1, -0.05) is 12.1 Å². The number of nitrogens with zero attached hydrogens (tertiary/aromatic N) is 2. The molecule has 152 valence electrons. The smallest absolute Gasteiger partial charge is 0.191 e. The third-order valence-corrected chi connectivity index (χ3v) is 5.65. The minimum Gasteiger partial charge on any atom is -0.383 e. The summed E-state index contributed by atoms with van der Waals surface area (Å²) in [6, 6.07) is 7.45. The standard InChI is InChI=1S/C20H31FN4O.HI/c1-22-19(24-18-6-10-25(11-7-18)12-13-26-2)23-15-20(8-9-20)16-4-3-5-17(21)14-16;/h3-5,14,18H,6-13,15H2,1-2H3,(H2,22,23,24);1H.